The van der Waals surface area contributed by atoms with Crippen molar-refractivity contribution in [3.63, 3.8) is 0 Å². The molecule has 0 aromatic rings. The molecule has 0 saturated carbocycles. The number of amides is 2. The summed E-state index contributed by atoms with van der Waals surface area (Å²) in [6.07, 6.45) is 0.436. The second-order valence-corrected chi connectivity index (χ2v) is 5.28. The summed E-state index contributed by atoms with van der Waals surface area (Å²) in [7, 11) is 0. The molecule has 1 saturated heterocycles. The second-order valence-electron chi connectivity index (χ2n) is 5.28. The Morgan fingerprint density at radius 1 is 1.50 bits per heavy atom. The molecule has 0 radical (unpaired) electrons. The number of hydrogen-bond acceptors (Lipinski definition) is 3. The molecule has 6 nitrogen and oxygen atoms in total. The van der Waals surface area contributed by atoms with E-state index in [1.165, 1.54) is 0 Å². The number of hydrogen-bond donors (Lipinski definition) is 2. The molecule has 1 aliphatic rings. The molecule has 1 aliphatic heterocycles. The zero-order valence-corrected chi connectivity index (χ0v) is 11.2. The van der Waals surface area contributed by atoms with Gasteiger partial charge in [0, 0.05) is 13.1 Å². The normalized spacial score (nSPS) is 20.3. The fourth-order valence-corrected chi connectivity index (χ4v) is 1.85. The SMILES string of the molecule is CC(CCNC(=O)N1CCOCC1(C)C)C(=O)O. The average Bonchev–Trinajstić information content (AvgIpc) is 2.27. The van der Waals surface area contributed by atoms with Crippen LogP contribution in [0.2, 0.25) is 0 Å². The van der Waals surface area contributed by atoms with Crippen LogP contribution in [0.1, 0.15) is 27.2 Å². The minimum atomic E-state index is -0.837. The Morgan fingerprint density at radius 2 is 2.17 bits per heavy atom. The van der Waals surface area contributed by atoms with Crippen molar-refractivity contribution in [1.82, 2.24) is 10.2 Å². The number of carbonyl (C=O) groups excluding carboxylic acids is 1. The first kappa shape index (κ1) is 14.8. The first-order valence-electron chi connectivity index (χ1n) is 6.20. The fraction of sp³-hybridized carbons (Fsp3) is 0.833. The fourth-order valence-electron chi connectivity index (χ4n) is 1.85. The Kier molecular flexibility index (Phi) is 4.95. The number of carboxylic acids is 1. The molecule has 0 bridgehead atoms. The van der Waals surface area contributed by atoms with Crippen LogP contribution in [0.15, 0.2) is 0 Å². The number of aliphatic carboxylic acids is 1. The maximum absolute atomic E-state index is 12.0. The van der Waals surface area contributed by atoms with Crippen LogP contribution in [0.4, 0.5) is 4.79 Å². The monoisotopic (exact) mass is 258 g/mol. The Morgan fingerprint density at radius 3 is 2.72 bits per heavy atom. The summed E-state index contributed by atoms with van der Waals surface area (Å²) in [5.74, 6) is -1.28. The molecule has 6 heteroatoms. The Bertz CT molecular complexity index is 317. The van der Waals surface area contributed by atoms with E-state index in [1.807, 2.05) is 13.8 Å². The van der Waals surface area contributed by atoms with Gasteiger partial charge in [0.25, 0.3) is 0 Å². The predicted octanol–water partition coefficient (Wildman–Crippen LogP) is 0.918. The molecular formula is C12H22N2O4. The minimum absolute atomic E-state index is 0.152. The van der Waals surface area contributed by atoms with Crippen molar-refractivity contribution in [2.24, 2.45) is 5.92 Å². The zero-order chi connectivity index (χ0) is 13.8. The predicted molar refractivity (Wildman–Crippen MR) is 66.4 cm³/mol. The second kappa shape index (κ2) is 6.04. The van der Waals surface area contributed by atoms with Gasteiger partial charge >= 0.3 is 12.0 Å². The van der Waals surface area contributed by atoms with Crippen LogP contribution in [0, 0.1) is 5.92 Å². The van der Waals surface area contributed by atoms with Gasteiger partial charge in [-0.1, -0.05) is 6.92 Å². The van der Waals surface area contributed by atoms with Gasteiger partial charge in [-0.05, 0) is 20.3 Å². The highest BCUT2D eigenvalue weighted by Gasteiger charge is 2.33. The van der Waals surface area contributed by atoms with Crippen molar-refractivity contribution >= 4 is 12.0 Å². The van der Waals surface area contributed by atoms with Crippen LogP contribution >= 0.6 is 0 Å². The van der Waals surface area contributed by atoms with Gasteiger partial charge in [0.15, 0.2) is 0 Å². The van der Waals surface area contributed by atoms with Crippen LogP contribution in [0.5, 0.6) is 0 Å². The lowest BCUT2D eigenvalue weighted by atomic mass is 10.0. The van der Waals surface area contributed by atoms with Crippen molar-refractivity contribution in [3.8, 4) is 0 Å². The first-order chi connectivity index (χ1) is 8.34. The van der Waals surface area contributed by atoms with Crippen molar-refractivity contribution in [2.45, 2.75) is 32.7 Å². The quantitative estimate of drug-likeness (QED) is 0.786. The smallest absolute Gasteiger partial charge is 0.318 e. The van der Waals surface area contributed by atoms with Gasteiger partial charge in [0.2, 0.25) is 0 Å². The molecule has 0 aromatic carbocycles. The Hall–Kier alpha value is -1.30. The van der Waals surface area contributed by atoms with Crippen LogP contribution in [-0.4, -0.2) is 53.8 Å². The molecule has 1 atom stereocenters. The molecule has 2 N–H and O–H groups in total. The van der Waals surface area contributed by atoms with E-state index in [2.05, 4.69) is 5.32 Å². The average molecular weight is 258 g/mol. The molecule has 1 fully saturated rings. The van der Waals surface area contributed by atoms with Gasteiger partial charge in [-0.25, -0.2) is 4.79 Å². The lowest BCUT2D eigenvalue weighted by Crippen LogP contribution is -2.58. The van der Waals surface area contributed by atoms with Gasteiger partial charge in [0.05, 0.1) is 24.7 Å². The van der Waals surface area contributed by atoms with Crippen molar-refractivity contribution < 1.29 is 19.4 Å². The molecule has 1 heterocycles. The van der Waals surface area contributed by atoms with Gasteiger partial charge < -0.3 is 20.1 Å². The lowest BCUT2D eigenvalue weighted by Gasteiger charge is -2.41. The molecule has 18 heavy (non-hydrogen) atoms. The van der Waals surface area contributed by atoms with Crippen LogP contribution in [0.25, 0.3) is 0 Å². The van der Waals surface area contributed by atoms with Crippen LogP contribution < -0.4 is 5.32 Å². The highest BCUT2D eigenvalue weighted by atomic mass is 16.5. The van der Waals surface area contributed by atoms with Gasteiger partial charge in [-0.2, -0.15) is 0 Å². The van der Waals surface area contributed by atoms with Gasteiger partial charge in [0.1, 0.15) is 0 Å². The van der Waals surface area contributed by atoms with Crippen LogP contribution in [0.3, 0.4) is 0 Å². The number of nitrogens with zero attached hydrogens (tertiary/aromatic N) is 1. The number of rotatable bonds is 4. The summed E-state index contributed by atoms with van der Waals surface area (Å²) >= 11 is 0. The standard InChI is InChI=1S/C12H22N2O4/c1-9(10(15)16)4-5-13-11(17)14-6-7-18-8-12(14,2)3/h9H,4-8H2,1-3H3,(H,13,17)(H,15,16). The summed E-state index contributed by atoms with van der Waals surface area (Å²) < 4.78 is 5.34. The topological polar surface area (TPSA) is 78.9 Å². The maximum Gasteiger partial charge on any atom is 0.318 e. The Balaban J connectivity index is 2.38. The Labute approximate surface area is 107 Å². The maximum atomic E-state index is 12.0. The molecule has 2 amide bonds. The number of morpholine rings is 1. The number of urea groups is 1. The molecule has 0 aliphatic carbocycles. The summed E-state index contributed by atoms with van der Waals surface area (Å²) in [4.78, 5) is 24.4. The molecule has 0 aromatic heterocycles. The summed E-state index contributed by atoms with van der Waals surface area (Å²) in [5, 5.41) is 11.5. The minimum Gasteiger partial charge on any atom is -0.481 e. The molecule has 0 spiro atoms. The third-order valence-electron chi connectivity index (χ3n) is 3.17. The zero-order valence-electron chi connectivity index (χ0n) is 11.2. The van der Waals surface area contributed by atoms with E-state index in [4.69, 9.17) is 9.84 Å². The molecule has 1 unspecified atom stereocenters. The van der Waals surface area contributed by atoms with E-state index in [-0.39, 0.29) is 11.6 Å². The largest absolute Gasteiger partial charge is 0.481 e. The van der Waals surface area contributed by atoms with Crippen molar-refractivity contribution in [2.75, 3.05) is 26.3 Å². The summed E-state index contributed by atoms with van der Waals surface area (Å²) in [6, 6.07) is -0.152. The third-order valence-corrected chi connectivity index (χ3v) is 3.17. The van der Waals surface area contributed by atoms with E-state index in [0.29, 0.717) is 32.7 Å². The number of carbonyl (C=O) groups is 2. The van der Waals surface area contributed by atoms with Crippen molar-refractivity contribution in [3.05, 3.63) is 0 Å². The van der Waals surface area contributed by atoms with Crippen molar-refractivity contribution in [1.29, 1.82) is 0 Å². The first-order valence-corrected chi connectivity index (χ1v) is 6.20. The summed E-state index contributed by atoms with van der Waals surface area (Å²) in [6.45, 7) is 7.53. The number of ether oxygens (including phenoxy) is 1. The number of nitrogens with one attached hydrogen (secondary N) is 1. The van der Waals surface area contributed by atoms with Crippen LogP contribution in [-0.2, 0) is 9.53 Å². The van der Waals surface area contributed by atoms with E-state index in [0.717, 1.165) is 0 Å². The van der Waals surface area contributed by atoms with E-state index >= 15 is 0 Å². The molecule has 104 valence electrons. The molecular weight excluding hydrogens is 236 g/mol. The van der Waals surface area contributed by atoms with Gasteiger partial charge in [-0.15, -0.1) is 0 Å². The molecule has 1 rings (SSSR count). The van der Waals surface area contributed by atoms with Gasteiger partial charge in [-0.3, -0.25) is 4.79 Å². The van der Waals surface area contributed by atoms with E-state index in [9.17, 15) is 9.59 Å². The lowest BCUT2D eigenvalue weighted by molar-refractivity contribution is -0.141. The third kappa shape index (κ3) is 3.87. The summed E-state index contributed by atoms with van der Waals surface area (Å²) in [5.41, 5.74) is -0.319. The van der Waals surface area contributed by atoms with E-state index in [1.54, 1.807) is 11.8 Å². The number of carboxylic acid groups (broad SMARTS) is 1. The van der Waals surface area contributed by atoms with E-state index < -0.39 is 11.9 Å². The highest BCUT2D eigenvalue weighted by Crippen LogP contribution is 2.18. The highest BCUT2D eigenvalue weighted by molar-refractivity contribution is 5.75.